The van der Waals surface area contributed by atoms with Gasteiger partial charge in [0.05, 0.1) is 25.3 Å². The first kappa shape index (κ1) is 32.6. The number of carbonyl (C=O) groups excluding carboxylic acids is 5. The van der Waals surface area contributed by atoms with E-state index in [4.69, 9.17) is 28.4 Å². The molecule has 0 spiro atoms. The largest absolute Gasteiger partial charge is 0.493 e. The van der Waals surface area contributed by atoms with Gasteiger partial charge in [-0.25, -0.2) is 14.4 Å². The third kappa shape index (κ3) is 8.55. The summed E-state index contributed by atoms with van der Waals surface area (Å²) in [6.07, 6.45) is -4.54. The summed E-state index contributed by atoms with van der Waals surface area (Å²) in [5.74, 6) is -6.78. The predicted molar refractivity (Wildman–Crippen MR) is 150 cm³/mol. The summed E-state index contributed by atoms with van der Waals surface area (Å²) < 4.78 is 30.7. The van der Waals surface area contributed by atoms with Crippen molar-refractivity contribution in [3.8, 4) is 23.0 Å². The van der Waals surface area contributed by atoms with Gasteiger partial charge in [0.25, 0.3) is 5.91 Å². The fourth-order valence-electron chi connectivity index (χ4n) is 3.66. The Bertz CT molecular complexity index is 1570. The van der Waals surface area contributed by atoms with Crippen molar-refractivity contribution in [3.63, 3.8) is 0 Å². The number of ether oxygens (including phenoxy) is 6. The van der Waals surface area contributed by atoms with Crippen molar-refractivity contribution in [2.75, 3.05) is 19.5 Å². The highest BCUT2D eigenvalue weighted by Crippen LogP contribution is 2.30. The van der Waals surface area contributed by atoms with E-state index in [1.807, 2.05) is 0 Å². The molecule has 14 nitrogen and oxygen atoms in total. The molecule has 0 saturated heterocycles. The highest BCUT2D eigenvalue weighted by Gasteiger charge is 2.41. The summed E-state index contributed by atoms with van der Waals surface area (Å²) in [7, 11) is 2.50. The highest BCUT2D eigenvalue weighted by atomic mass is 16.6. The molecule has 0 aliphatic carbocycles. The third-order valence-electron chi connectivity index (χ3n) is 5.59. The maximum Gasteiger partial charge on any atom is 0.349 e. The Labute approximate surface area is 250 Å². The molecular weight excluding hydrogens is 582 g/mol. The van der Waals surface area contributed by atoms with Crippen LogP contribution in [0.1, 0.15) is 34.6 Å². The first-order valence-corrected chi connectivity index (χ1v) is 12.7. The van der Waals surface area contributed by atoms with Gasteiger partial charge in [-0.15, -0.1) is 0 Å². The second kappa shape index (κ2) is 14.8. The molecule has 3 aromatic rings. The van der Waals surface area contributed by atoms with E-state index in [2.05, 4.69) is 5.32 Å². The maximum absolute atomic E-state index is 13.3. The van der Waals surface area contributed by atoms with Crippen LogP contribution in [0.25, 0.3) is 0 Å². The van der Waals surface area contributed by atoms with E-state index in [0.717, 1.165) is 26.0 Å². The monoisotopic (exact) mass is 609 g/mol. The Balaban J connectivity index is 1.95. The summed E-state index contributed by atoms with van der Waals surface area (Å²) in [4.78, 5) is 74.5. The minimum Gasteiger partial charge on any atom is -0.493 e. The Hall–Kier alpha value is -5.92. The van der Waals surface area contributed by atoms with Gasteiger partial charge in [-0.2, -0.15) is 0 Å². The summed E-state index contributed by atoms with van der Waals surface area (Å²) in [5, 5.41) is 12.4. The van der Waals surface area contributed by atoms with Gasteiger partial charge in [-0.05, 0) is 48.5 Å². The van der Waals surface area contributed by atoms with Crippen LogP contribution in [0.2, 0.25) is 0 Å². The third-order valence-corrected chi connectivity index (χ3v) is 5.59. The molecule has 0 unspecified atom stereocenters. The number of benzene rings is 3. The lowest BCUT2D eigenvalue weighted by atomic mass is 10.1. The first-order valence-electron chi connectivity index (χ1n) is 12.7. The van der Waals surface area contributed by atoms with Gasteiger partial charge in [-0.3, -0.25) is 14.4 Å². The van der Waals surface area contributed by atoms with Crippen molar-refractivity contribution < 1.29 is 62.3 Å². The average Bonchev–Trinajstić information content (AvgIpc) is 2.98. The molecule has 2 N–H and O–H groups in total. The topological polar surface area (TPSA) is 190 Å². The normalized spacial score (nSPS) is 11.6. The predicted octanol–water partition coefficient (Wildman–Crippen LogP) is 3.03. The number of carbonyl (C=O) groups is 6. The molecule has 3 rings (SSSR count). The fraction of sp³-hybridized carbons (Fsp3) is 0.200. The molecule has 0 radical (unpaired) electrons. The SMILES string of the molecule is COc1cc(C(=O)O[C@H](C(=O)O)[C@@H](OC(=O)c2ccc(OC(C)=O)c(OC)c2)C(=O)Nc2ccccc2)ccc1OC(C)=O. The van der Waals surface area contributed by atoms with Gasteiger partial charge in [0.15, 0.2) is 23.0 Å². The zero-order chi connectivity index (χ0) is 32.4. The summed E-state index contributed by atoms with van der Waals surface area (Å²) >= 11 is 0. The van der Waals surface area contributed by atoms with Crippen LogP contribution in [0.4, 0.5) is 5.69 Å². The standard InChI is InChI=1S/C30H27NO13/c1-16(32)41-21-12-10-18(14-23(21)39-3)29(37)43-25(27(34)31-20-8-6-5-7-9-20)26(28(35)36)44-30(38)19-11-13-22(42-17(2)33)24(15-19)40-4/h5-15,25-26H,1-4H3,(H,31,34)(H,35,36)/t25-,26+/m1/s1. The molecule has 0 heterocycles. The first-order chi connectivity index (χ1) is 20.9. The zero-order valence-corrected chi connectivity index (χ0v) is 23.9. The number of rotatable bonds is 12. The van der Waals surface area contributed by atoms with Crippen molar-refractivity contribution in [1.82, 2.24) is 0 Å². The van der Waals surface area contributed by atoms with Crippen molar-refractivity contribution in [2.45, 2.75) is 26.1 Å². The molecule has 3 aromatic carbocycles. The number of nitrogens with one attached hydrogen (secondary N) is 1. The summed E-state index contributed by atoms with van der Waals surface area (Å²) in [5.41, 5.74) is -0.216. The number of carboxylic acid groups (broad SMARTS) is 1. The van der Waals surface area contributed by atoms with E-state index in [9.17, 15) is 33.9 Å². The molecule has 44 heavy (non-hydrogen) atoms. The Morgan fingerprint density at radius 2 is 1.09 bits per heavy atom. The maximum atomic E-state index is 13.3. The van der Waals surface area contributed by atoms with Crippen LogP contribution in [-0.2, 0) is 28.7 Å². The number of methoxy groups -OCH3 is 2. The van der Waals surface area contributed by atoms with E-state index in [-0.39, 0.29) is 39.8 Å². The molecule has 1 amide bonds. The van der Waals surface area contributed by atoms with Crippen molar-refractivity contribution in [1.29, 1.82) is 0 Å². The minimum atomic E-state index is -2.34. The van der Waals surface area contributed by atoms with Crippen LogP contribution in [0.3, 0.4) is 0 Å². The van der Waals surface area contributed by atoms with Crippen molar-refractivity contribution in [2.24, 2.45) is 0 Å². The lowest BCUT2D eigenvalue weighted by molar-refractivity contribution is -0.157. The molecule has 0 saturated carbocycles. The number of aliphatic carboxylic acids is 1. The quantitative estimate of drug-likeness (QED) is 0.225. The Kier molecular flexibility index (Phi) is 11.0. The molecule has 0 aliphatic rings. The highest BCUT2D eigenvalue weighted by molar-refractivity contribution is 6.01. The van der Waals surface area contributed by atoms with E-state index in [0.29, 0.717) is 0 Å². The number of carboxylic acids is 1. The van der Waals surface area contributed by atoms with Crippen LogP contribution in [0.15, 0.2) is 66.7 Å². The van der Waals surface area contributed by atoms with Crippen LogP contribution in [0.5, 0.6) is 23.0 Å². The number of esters is 4. The number of hydrogen-bond donors (Lipinski definition) is 2. The smallest absolute Gasteiger partial charge is 0.349 e. The van der Waals surface area contributed by atoms with E-state index in [1.165, 1.54) is 50.6 Å². The molecule has 0 aromatic heterocycles. The molecule has 0 fully saturated rings. The minimum absolute atomic E-state index is 0.0117. The van der Waals surface area contributed by atoms with Crippen LogP contribution < -0.4 is 24.3 Å². The van der Waals surface area contributed by atoms with Crippen molar-refractivity contribution >= 4 is 41.4 Å². The molecule has 2 atom stereocenters. The van der Waals surface area contributed by atoms with Gasteiger partial charge in [-0.1, -0.05) is 18.2 Å². The molecule has 230 valence electrons. The van der Waals surface area contributed by atoms with E-state index < -0.39 is 48.0 Å². The summed E-state index contributed by atoms with van der Waals surface area (Å²) in [6, 6.07) is 14.9. The van der Waals surface area contributed by atoms with Crippen molar-refractivity contribution in [3.05, 3.63) is 77.9 Å². The molecular formula is C30H27NO13. The van der Waals surface area contributed by atoms with Gasteiger partial charge in [0, 0.05) is 19.5 Å². The van der Waals surface area contributed by atoms with Crippen LogP contribution in [0, 0.1) is 0 Å². The van der Waals surface area contributed by atoms with Crippen LogP contribution >= 0.6 is 0 Å². The second-order valence-corrected chi connectivity index (χ2v) is 8.76. The number of hydrogen-bond acceptors (Lipinski definition) is 12. The number of para-hydroxylation sites is 1. The zero-order valence-electron chi connectivity index (χ0n) is 23.9. The second-order valence-electron chi connectivity index (χ2n) is 8.76. The number of amides is 1. The van der Waals surface area contributed by atoms with Gasteiger partial charge in [0.1, 0.15) is 0 Å². The van der Waals surface area contributed by atoms with E-state index >= 15 is 0 Å². The Morgan fingerprint density at radius 1 is 0.636 bits per heavy atom. The van der Waals surface area contributed by atoms with E-state index in [1.54, 1.807) is 18.2 Å². The lowest BCUT2D eigenvalue weighted by Crippen LogP contribution is -2.48. The molecule has 14 heteroatoms. The fourth-order valence-corrected chi connectivity index (χ4v) is 3.66. The average molecular weight is 610 g/mol. The van der Waals surface area contributed by atoms with Gasteiger partial charge in [0.2, 0.25) is 12.2 Å². The number of anilines is 1. The van der Waals surface area contributed by atoms with Gasteiger partial charge < -0.3 is 38.8 Å². The Morgan fingerprint density at radius 3 is 1.50 bits per heavy atom. The van der Waals surface area contributed by atoms with Gasteiger partial charge >= 0.3 is 29.8 Å². The lowest BCUT2D eigenvalue weighted by Gasteiger charge is -2.24. The van der Waals surface area contributed by atoms with Crippen LogP contribution in [-0.4, -0.2) is 67.3 Å². The summed E-state index contributed by atoms with van der Waals surface area (Å²) in [6.45, 7) is 2.32. The molecule has 0 aliphatic heterocycles. The molecule has 0 bridgehead atoms.